The third-order valence-electron chi connectivity index (χ3n) is 3.36. The van der Waals surface area contributed by atoms with E-state index in [1.54, 1.807) is 0 Å². The lowest BCUT2D eigenvalue weighted by atomic mass is 10.1. The van der Waals surface area contributed by atoms with Gasteiger partial charge in [0.1, 0.15) is 0 Å². The number of nitrogens with one attached hydrogen (secondary N) is 1. The van der Waals surface area contributed by atoms with E-state index < -0.39 is 6.10 Å². The zero-order chi connectivity index (χ0) is 16.1. The molecule has 0 aliphatic carbocycles. The summed E-state index contributed by atoms with van der Waals surface area (Å²) in [5.41, 5.74) is 11.1. The Morgan fingerprint density at radius 3 is 2.35 bits per heavy atom. The van der Waals surface area contributed by atoms with Crippen molar-refractivity contribution in [2.75, 3.05) is 11.9 Å². The van der Waals surface area contributed by atoms with Crippen LogP contribution in [0.4, 0.5) is 5.69 Å². The lowest BCUT2D eigenvalue weighted by molar-refractivity contribution is 0.187. The normalized spacial score (nSPS) is 12.4. The molecule has 1 unspecified atom stereocenters. The fourth-order valence-electron chi connectivity index (χ4n) is 2.40. The molecule has 1 atom stereocenters. The summed E-state index contributed by atoms with van der Waals surface area (Å²) in [6.45, 7) is 6.29. The number of anilines is 1. The summed E-state index contributed by atoms with van der Waals surface area (Å²) in [4.78, 5) is 4.22. The molecule has 2 rings (SSSR count). The van der Waals surface area contributed by atoms with Crippen LogP contribution in [0.3, 0.4) is 0 Å². The lowest BCUT2D eigenvalue weighted by Crippen LogP contribution is -2.23. The number of halogens is 1. The summed E-state index contributed by atoms with van der Waals surface area (Å²) < 4.78 is 0. The molecule has 0 saturated carbocycles. The van der Waals surface area contributed by atoms with Crippen molar-refractivity contribution in [3.05, 3.63) is 64.7 Å². The van der Waals surface area contributed by atoms with Crippen molar-refractivity contribution in [3.63, 3.8) is 0 Å². The average molecular weight is 425 g/mol. The first kappa shape index (κ1) is 19.4. The van der Waals surface area contributed by atoms with Gasteiger partial charge in [-0.3, -0.25) is 4.99 Å². The first-order valence-corrected chi connectivity index (χ1v) is 7.34. The van der Waals surface area contributed by atoms with Crippen molar-refractivity contribution in [2.45, 2.75) is 26.9 Å². The Kier molecular flexibility index (Phi) is 7.51. The number of aryl methyl sites for hydroxylation is 3. The van der Waals surface area contributed by atoms with Crippen molar-refractivity contribution in [3.8, 4) is 0 Å². The third-order valence-corrected chi connectivity index (χ3v) is 3.36. The highest BCUT2D eigenvalue weighted by molar-refractivity contribution is 14.0. The maximum absolute atomic E-state index is 10.2. The van der Waals surface area contributed by atoms with Crippen LogP contribution >= 0.6 is 24.0 Å². The lowest BCUT2D eigenvalue weighted by Gasteiger charge is -2.11. The zero-order valence-corrected chi connectivity index (χ0v) is 16.0. The molecule has 4 N–H and O–H groups in total. The second-order valence-corrected chi connectivity index (χ2v) is 5.66. The Hall–Kier alpha value is -1.60. The van der Waals surface area contributed by atoms with Crippen LogP contribution < -0.4 is 11.1 Å². The van der Waals surface area contributed by atoms with E-state index in [9.17, 15) is 5.11 Å². The highest BCUT2D eigenvalue weighted by Gasteiger charge is 2.07. The van der Waals surface area contributed by atoms with Gasteiger partial charge < -0.3 is 16.2 Å². The van der Waals surface area contributed by atoms with Crippen LogP contribution in [0.1, 0.15) is 28.4 Å². The van der Waals surface area contributed by atoms with E-state index in [4.69, 9.17) is 5.73 Å². The molecule has 0 amide bonds. The number of nitrogens with zero attached hydrogens (tertiary/aromatic N) is 1. The molecule has 0 fully saturated rings. The van der Waals surface area contributed by atoms with Gasteiger partial charge in [-0.05, 0) is 49.6 Å². The van der Waals surface area contributed by atoms with Gasteiger partial charge in [-0.2, -0.15) is 0 Å². The molecule has 5 heteroatoms. The van der Waals surface area contributed by atoms with E-state index in [-0.39, 0.29) is 30.5 Å². The molecule has 124 valence electrons. The van der Waals surface area contributed by atoms with Crippen molar-refractivity contribution in [2.24, 2.45) is 10.7 Å². The standard InChI is InChI=1S/C18H23N3O.HI/c1-12-5-4-6-15(8-12)17(22)11-20-18(19)21-16-9-13(2)7-14(3)10-16;/h4-10,17,22H,11H2,1-3H3,(H3,19,20,21);1H. The predicted octanol–water partition coefficient (Wildman–Crippen LogP) is 3.69. The summed E-state index contributed by atoms with van der Waals surface area (Å²) >= 11 is 0. The average Bonchev–Trinajstić information content (AvgIpc) is 2.43. The minimum atomic E-state index is -0.653. The fourth-order valence-corrected chi connectivity index (χ4v) is 2.40. The van der Waals surface area contributed by atoms with Crippen LogP contribution in [0.2, 0.25) is 0 Å². The van der Waals surface area contributed by atoms with E-state index in [1.807, 2.05) is 57.2 Å². The largest absolute Gasteiger partial charge is 0.386 e. The van der Waals surface area contributed by atoms with Crippen LogP contribution in [0, 0.1) is 20.8 Å². The molecule has 0 heterocycles. The Balaban J connectivity index is 0.00000264. The first-order chi connectivity index (χ1) is 10.4. The molecule has 2 aromatic rings. The number of aliphatic imine (C=N–C) groups is 1. The molecule has 0 radical (unpaired) electrons. The molecule has 0 aliphatic heterocycles. The Morgan fingerprint density at radius 2 is 1.74 bits per heavy atom. The van der Waals surface area contributed by atoms with Gasteiger partial charge in [0.15, 0.2) is 5.96 Å². The molecule has 0 aliphatic rings. The van der Waals surface area contributed by atoms with Gasteiger partial charge >= 0.3 is 0 Å². The van der Waals surface area contributed by atoms with Crippen LogP contribution in [0.5, 0.6) is 0 Å². The molecule has 4 nitrogen and oxygen atoms in total. The maximum Gasteiger partial charge on any atom is 0.193 e. The molecule has 0 spiro atoms. The van der Waals surface area contributed by atoms with Crippen LogP contribution in [0.15, 0.2) is 47.5 Å². The van der Waals surface area contributed by atoms with Gasteiger partial charge in [-0.25, -0.2) is 0 Å². The molecule has 0 aromatic heterocycles. The SMILES string of the molecule is Cc1cc(C)cc(NC(N)=NCC(O)c2cccc(C)c2)c1.I. The smallest absolute Gasteiger partial charge is 0.193 e. The monoisotopic (exact) mass is 425 g/mol. The Morgan fingerprint density at radius 1 is 1.09 bits per heavy atom. The highest BCUT2D eigenvalue weighted by Crippen LogP contribution is 2.15. The number of aliphatic hydroxyl groups excluding tert-OH is 1. The van der Waals surface area contributed by atoms with Crippen LogP contribution in [-0.4, -0.2) is 17.6 Å². The molecular formula is C18H24IN3O. The number of aliphatic hydroxyl groups is 1. The van der Waals surface area contributed by atoms with E-state index in [0.717, 1.165) is 27.9 Å². The van der Waals surface area contributed by atoms with Crippen molar-refractivity contribution < 1.29 is 5.11 Å². The third kappa shape index (κ3) is 6.19. The van der Waals surface area contributed by atoms with E-state index in [1.165, 1.54) is 0 Å². The van der Waals surface area contributed by atoms with Crippen LogP contribution in [-0.2, 0) is 0 Å². The minimum absolute atomic E-state index is 0. The van der Waals surface area contributed by atoms with Crippen molar-refractivity contribution >= 4 is 35.6 Å². The Bertz CT molecular complexity index is 665. The van der Waals surface area contributed by atoms with Gasteiger partial charge in [0, 0.05) is 5.69 Å². The number of nitrogens with two attached hydrogens (primary N) is 1. The second-order valence-electron chi connectivity index (χ2n) is 5.66. The fraction of sp³-hybridized carbons (Fsp3) is 0.278. The second kappa shape index (κ2) is 8.88. The summed E-state index contributed by atoms with van der Waals surface area (Å²) in [5, 5.41) is 13.2. The summed E-state index contributed by atoms with van der Waals surface area (Å²) in [7, 11) is 0. The summed E-state index contributed by atoms with van der Waals surface area (Å²) in [5.74, 6) is 0.303. The highest BCUT2D eigenvalue weighted by atomic mass is 127. The quantitative estimate of drug-likeness (QED) is 0.398. The number of guanidine groups is 1. The maximum atomic E-state index is 10.2. The van der Waals surface area contributed by atoms with E-state index in [0.29, 0.717) is 5.96 Å². The van der Waals surface area contributed by atoms with Gasteiger partial charge in [0.2, 0.25) is 0 Å². The van der Waals surface area contributed by atoms with E-state index in [2.05, 4.69) is 16.4 Å². The Labute approximate surface area is 154 Å². The molecule has 23 heavy (non-hydrogen) atoms. The predicted molar refractivity (Wildman–Crippen MR) is 108 cm³/mol. The number of hydrogen-bond donors (Lipinski definition) is 3. The minimum Gasteiger partial charge on any atom is -0.386 e. The number of hydrogen-bond acceptors (Lipinski definition) is 2. The molecule has 2 aromatic carbocycles. The topological polar surface area (TPSA) is 70.6 Å². The van der Waals surface area contributed by atoms with Crippen molar-refractivity contribution in [1.82, 2.24) is 0 Å². The molecule has 0 bridgehead atoms. The number of rotatable bonds is 4. The van der Waals surface area contributed by atoms with E-state index >= 15 is 0 Å². The van der Waals surface area contributed by atoms with Gasteiger partial charge in [0.05, 0.1) is 12.6 Å². The molecular weight excluding hydrogens is 401 g/mol. The number of benzene rings is 2. The van der Waals surface area contributed by atoms with Gasteiger partial charge in [-0.1, -0.05) is 35.9 Å². The molecule has 0 saturated heterocycles. The zero-order valence-electron chi connectivity index (χ0n) is 13.7. The van der Waals surface area contributed by atoms with Gasteiger partial charge in [-0.15, -0.1) is 24.0 Å². The summed E-state index contributed by atoms with van der Waals surface area (Å²) in [6, 6.07) is 13.9. The first-order valence-electron chi connectivity index (χ1n) is 7.34. The van der Waals surface area contributed by atoms with Crippen molar-refractivity contribution in [1.29, 1.82) is 0 Å². The van der Waals surface area contributed by atoms with Crippen LogP contribution in [0.25, 0.3) is 0 Å². The van der Waals surface area contributed by atoms with Gasteiger partial charge in [0.25, 0.3) is 0 Å². The summed E-state index contributed by atoms with van der Waals surface area (Å²) in [6.07, 6.45) is -0.653.